The summed E-state index contributed by atoms with van der Waals surface area (Å²) < 4.78 is 19.6. The third-order valence-electron chi connectivity index (χ3n) is 3.69. The number of furan rings is 1. The van der Waals surface area contributed by atoms with Crippen LogP contribution < -0.4 is 11.5 Å². The third-order valence-corrected chi connectivity index (χ3v) is 3.69. The molecule has 1 heterocycles. The minimum absolute atomic E-state index is 0.328. The van der Waals surface area contributed by atoms with Crippen LogP contribution >= 0.6 is 0 Å². The number of nitrogens with two attached hydrogens (primary N) is 2. The van der Waals surface area contributed by atoms with E-state index in [2.05, 4.69) is 0 Å². The minimum atomic E-state index is -0.425. The van der Waals surface area contributed by atoms with Crippen LogP contribution in [0.15, 0.2) is 53.3 Å². The van der Waals surface area contributed by atoms with Gasteiger partial charge in [0.1, 0.15) is 5.82 Å². The van der Waals surface area contributed by atoms with Crippen molar-refractivity contribution in [3.8, 4) is 22.3 Å². The van der Waals surface area contributed by atoms with Crippen molar-refractivity contribution in [3.05, 3.63) is 60.3 Å². The van der Waals surface area contributed by atoms with Gasteiger partial charge < -0.3 is 21.3 Å². The smallest absolute Gasteiger partial charge is 0.133 e. The number of hydrogen-bond acceptors (Lipinski definition) is 4. The van der Waals surface area contributed by atoms with Crippen molar-refractivity contribution in [2.45, 2.75) is 6.92 Å². The number of rotatable bonds is 3. The van der Waals surface area contributed by atoms with Crippen LogP contribution in [0.2, 0.25) is 0 Å². The molecule has 0 bridgehead atoms. The standard InChI is InChI=1S/C18H16FN3O/c1-10(20)14-6-11(2-3-17(14)22)15-7-13(21)8-16(19)18(15)12-4-5-23-9-12/h2-9,20H,21-22H2,1H3. The van der Waals surface area contributed by atoms with Crippen molar-refractivity contribution < 1.29 is 8.81 Å². The van der Waals surface area contributed by atoms with Gasteiger partial charge in [-0.05, 0) is 48.4 Å². The summed E-state index contributed by atoms with van der Waals surface area (Å²) in [4.78, 5) is 0. The molecule has 5 N–H and O–H groups in total. The second-order valence-corrected chi connectivity index (χ2v) is 5.36. The van der Waals surface area contributed by atoms with Gasteiger partial charge in [0.05, 0.1) is 12.5 Å². The third kappa shape index (κ3) is 2.68. The quantitative estimate of drug-likeness (QED) is 0.497. The molecule has 3 aromatic rings. The van der Waals surface area contributed by atoms with Crippen LogP contribution in [0.1, 0.15) is 12.5 Å². The summed E-state index contributed by atoms with van der Waals surface area (Å²) in [5, 5.41) is 7.82. The van der Waals surface area contributed by atoms with Gasteiger partial charge in [0.25, 0.3) is 0 Å². The Morgan fingerprint density at radius 3 is 2.52 bits per heavy atom. The fourth-order valence-electron chi connectivity index (χ4n) is 2.60. The number of benzene rings is 2. The highest BCUT2D eigenvalue weighted by atomic mass is 19.1. The van der Waals surface area contributed by atoms with E-state index in [4.69, 9.17) is 21.3 Å². The number of nitrogen functional groups attached to an aromatic ring is 2. The molecule has 116 valence electrons. The largest absolute Gasteiger partial charge is 0.472 e. The monoisotopic (exact) mass is 309 g/mol. The summed E-state index contributed by atoms with van der Waals surface area (Å²) in [6.07, 6.45) is 2.98. The van der Waals surface area contributed by atoms with Gasteiger partial charge in [-0.3, -0.25) is 0 Å². The molecule has 0 atom stereocenters. The Bertz CT molecular complexity index is 886. The lowest BCUT2D eigenvalue weighted by molar-refractivity contribution is 0.567. The Morgan fingerprint density at radius 2 is 1.87 bits per heavy atom. The van der Waals surface area contributed by atoms with Gasteiger partial charge in [-0.2, -0.15) is 0 Å². The number of hydrogen-bond donors (Lipinski definition) is 3. The van der Waals surface area contributed by atoms with Crippen LogP contribution in [-0.2, 0) is 0 Å². The van der Waals surface area contributed by atoms with Crippen LogP contribution in [0, 0.1) is 11.2 Å². The van der Waals surface area contributed by atoms with Crippen LogP contribution in [-0.4, -0.2) is 5.71 Å². The lowest BCUT2D eigenvalue weighted by Gasteiger charge is -2.13. The highest BCUT2D eigenvalue weighted by molar-refractivity contribution is 6.02. The van der Waals surface area contributed by atoms with E-state index in [1.54, 1.807) is 37.3 Å². The molecule has 4 nitrogen and oxygen atoms in total. The minimum Gasteiger partial charge on any atom is -0.472 e. The average molecular weight is 309 g/mol. The Balaban J connectivity index is 2.28. The van der Waals surface area contributed by atoms with Gasteiger partial charge in [-0.1, -0.05) is 6.07 Å². The normalized spacial score (nSPS) is 10.7. The van der Waals surface area contributed by atoms with E-state index in [9.17, 15) is 4.39 Å². The van der Waals surface area contributed by atoms with Crippen LogP contribution in [0.4, 0.5) is 15.8 Å². The highest BCUT2D eigenvalue weighted by Crippen LogP contribution is 2.37. The van der Waals surface area contributed by atoms with Crippen LogP contribution in [0.25, 0.3) is 22.3 Å². The highest BCUT2D eigenvalue weighted by Gasteiger charge is 2.16. The molecule has 0 spiro atoms. The van der Waals surface area contributed by atoms with Crippen LogP contribution in [0.5, 0.6) is 0 Å². The first-order valence-electron chi connectivity index (χ1n) is 7.04. The Kier molecular flexibility index (Phi) is 3.62. The molecular formula is C18H16FN3O. The van der Waals surface area contributed by atoms with Crippen LogP contribution in [0.3, 0.4) is 0 Å². The molecule has 0 radical (unpaired) electrons. The van der Waals surface area contributed by atoms with E-state index in [1.807, 2.05) is 0 Å². The zero-order valence-electron chi connectivity index (χ0n) is 12.6. The summed E-state index contributed by atoms with van der Waals surface area (Å²) in [6, 6.07) is 9.96. The fourth-order valence-corrected chi connectivity index (χ4v) is 2.60. The van der Waals surface area contributed by atoms with Crippen molar-refractivity contribution in [1.82, 2.24) is 0 Å². The second-order valence-electron chi connectivity index (χ2n) is 5.36. The average Bonchev–Trinajstić information content (AvgIpc) is 3.00. The van der Waals surface area contributed by atoms with E-state index in [1.165, 1.54) is 18.6 Å². The first-order valence-corrected chi connectivity index (χ1v) is 7.04. The molecule has 0 saturated heterocycles. The number of nitrogens with one attached hydrogen (secondary N) is 1. The van der Waals surface area contributed by atoms with Crippen molar-refractivity contribution in [2.75, 3.05) is 11.5 Å². The molecule has 2 aromatic carbocycles. The summed E-state index contributed by atoms with van der Waals surface area (Å²) in [5.41, 5.74) is 15.9. The molecule has 5 heteroatoms. The number of anilines is 2. The van der Waals surface area contributed by atoms with Crippen molar-refractivity contribution >= 4 is 17.1 Å². The zero-order chi connectivity index (χ0) is 16.6. The van der Waals surface area contributed by atoms with Gasteiger partial charge in [0, 0.05) is 33.8 Å². The molecule has 23 heavy (non-hydrogen) atoms. The predicted octanol–water partition coefficient (Wildman–Crippen LogP) is 4.30. The lowest BCUT2D eigenvalue weighted by Crippen LogP contribution is -2.00. The van der Waals surface area contributed by atoms with Gasteiger partial charge in [-0.25, -0.2) is 4.39 Å². The van der Waals surface area contributed by atoms with Crippen molar-refractivity contribution in [2.24, 2.45) is 0 Å². The topological polar surface area (TPSA) is 89.0 Å². The molecule has 0 fully saturated rings. The zero-order valence-corrected chi connectivity index (χ0v) is 12.6. The lowest BCUT2D eigenvalue weighted by atomic mass is 9.93. The van der Waals surface area contributed by atoms with Crippen molar-refractivity contribution in [3.63, 3.8) is 0 Å². The first kappa shape index (κ1) is 14.8. The SMILES string of the molecule is CC(=N)c1cc(-c2cc(N)cc(F)c2-c2ccoc2)ccc1N. The summed E-state index contributed by atoms with van der Waals surface area (Å²) >= 11 is 0. The molecule has 0 unspecified atom stereocenters. The Hall–Kier alpha value is -3.08. The maximum absolute atomic E-state index is 14.5. The number of halogens is 1. The molecule has 0 saturated carbocycles. The van der Waals surface area contributed by atoms with E-state index in [0.717, 1.165) is 5.56 Å². The second kappa shape index (κ2) is 5.61. The predicted molar refractivity (Wildman–Crippen MR) is 90.9 cm³/mol. The van der Waals surface area contributed by atoms with Gasteiger partial charge >= 0.3 is 0 Å². The molecule has 0 amide bonds. The van der Waals surface area contributed by atoms with Crippen molar-refractivity contribution in [1.29, 1.82) is 5.41 Å². The molecule has 0 aliphatic heterocycles. The Labute approximate surface area is 133 Å². The van der Waals surface area contributed by atoms with Gasteiger partial charge in [-0.15, -0.1) is 0 Å². The molecular weight excluding hydrogens is 293 g/mol. The van der Waals surface area contributed by atoms with Gasteiger partial charge in [0.2, 0.25) is 0 Å². The van der Waals surface area contributed by atoms with E-state index < -0.39 is 5.82 Å². The van der Waals surface area contributed by atoms with E-state index in [0.29, 0.717) is 39.3 Å². The van der Waals surface area contributed by atoms with E-state index >= 15 is 0 Å². The maximum atomic E-state index is 14.5. The molecule has 0 aliphatic rings. The Morgan fingerprint density at radius 1 is 1.09 bits per heavy atom. The van der Waals surface area contributed by atoms with Gasteiger partial charge in [0.15, 0.2) is 0 Å². The maximum Gasteiger partial charge on any atom is 0.133 e. The summed E-state index contributed by atoms with van der Waals surface area (Å²) in [6.45, 7) is 1.66. The molecule has 0 aliphatic carbocycles. The summed E-state index contributed by atoms with van der Waals surface area (Å²) in [7, 11) is 0. The molecule has 1 aromatic heterocycles. The molecule has 3 rings (SSSR count). The summed E-state index contributed by atoms with van der Waals surface area (Å²) in [5.74, 6) is -0.425. The van der Waals surface area contributed by atoms with E-state index in [-0.39, 0.29) is 0 Å². The first-order chi connectivity index (χ1) is 11.0. The fraction of sp³-hybridized carbons (Fsp3) is 0.0556.